The minimum absolute atomic E-state index is 0.0645. The summed E-state index contributed by atoms with van der Waals surface area (Å²) in [5.74, 6) is 0.770. The number of aromatic nitrogens is 2. The van der Waals surface area contributed by atoms with Crippen LogP contribution in [0.5, 0.6) is 0 Å². The van der Waals surface area contributed by atoms with Gasteiger partial charge in [-0.2, -0.15) is 0 Å². The number of nitrogens with zero attached hydrogens (tertiary/aromatic N) is 3. The van der Waals surface area contributed by atoms with Gasteiger partial charge in [-0.05, 0) is 68.4 Å². The van der Waals surface area contributed by atoms with Crippen molar-refractivity contribution in [2.45, 2.75) is 76.6 Å². The molecule has 2 saturated carbocycles. The van der Waals surface area contributed by atoms with E-state index >= 15 is 0 Å². The molecule has 1 aromatic carbocycles. The first kappa shape index (κ1) is 20.3. The summed E-state index contributed by atoms with van der Waals surface area (Å²) >= 11 is 0. The molecule has 1 saturated heterocycles. The van der Waals surface area contributed by atoms with Crippen molar-refractivity contribution >= 4 is 11.0 Å². The molecule has 164 valence electrons. The van der Waals surface area contributed by atoms with Crippen LogP contribution in [0.15, 0.2) is 29.1 Å². The van der Waals surface area contributed by atoms with Gasteiger partial charge in [0.15, 0.2) is 0 Å². The summed E-state index contributed by atoms with van der Waals surface area (Å²) < 4.78 is 3.62. The lowest BCUT2D eigenvalue weighted by molar-refractivity contribution is 0.0470. The van der Waals surface area contributed by atoms with Gasteiger partial charge in [0.1, 0.15) is 0 Å². The molecule has 3 atom stereocenters. The molecule has 1 spiro atoms. The number of fused-ring (bicyclic) bond motifs is 1. The van der Waals surface area contributed by atoms with E-state index in [4.69, 9.17) is 0 Å². The molecule has 6 heteroatoms. The van der Waals surface area contributed by atoms with E-state index in [1.54, 1.807) is 4.57 Å². The zero-order chi connectivity index (χ0) is 20.7. The number of aliphatic hydroxyl groups excluding tert-OH is 2. The van der Waals surface area contributed by atoms with Gasteiger partial charge in [0.2, 0.25) is 0 Å². The maximum Gasteiger partial charge on any atom is 0.330 e. The van der Waals surface area contributed by atoms with Gasteiger partial charge in [0.05, 0.1) is 36.5 Å². The van der Waals surface area contributed by atoms with Crippen LogP contribution in [0.3, 0.4) is 0 Å². The molecule has 6 nitrogen and oxygen atoms in total. The smallest absolute Gasteiger partial charge is 0.330 e. The van der Waals surface area contributed by atoms with Gasteiger partial charge in [0, 0.05) is 13.1 Å². The average molecular weight is 414 g/mol. The number of benzene rings is 1. The van der Waals surface area contributed by atoms with Crippen LogP contribution in [0.25, 0.3) is 11.0 Å². The second kappa shape index (κ2) is 8.13. The molecule has 1 aliphatic heterocycles. The van der Waals surface area contributed by atoms with Crippen molar-refractivity contribution in [2.24, 2.45) is 11.3 Å². The molecule has 0 radical (unpaired) electrons. The normalized spacial score (nSPS) is 27.5. The lowest BCUT2D eigenvalue weighted by Crippen LogP contribution is -2.45. The Balaban J connectivity index is 1.49. The van der Waals surface area contributed by atoms with Crippen LogP contribution in [0.2, 0.25) is 0 Å². The van der Waals surface area contributed by atoms with Crippen LogP contribution >= 0.6 is 0 Å². The third-order valence-electron chi connectivity index (χ3n) is 8.04. The van der Waals surface area contributed by atoms with Crippen LogP contribution in [0.1, 0.15) is 64.0 Å². The monoisotopic (exact) mass is 413 g/mol. The van der Waals surface area contributed by atoms with Crippen molar-refractivity contribution in [3.63, 3.8) is 0 Å². The van der Waals surface area contributed by atoms with Crippen molar-refractivity contribution in [3.8, 4) is 0 Å². The van der Waals surface area contributed by atoms with Gasteiger partial charge in [-0.1, -0.05) is 25.0 Å². The second-order valence-electron chi connectivity index (χ2n) is 9.86. The van der Waals surface area contributed by atoms with Crippen LogP contribution < -0.4 is 5.69 Å². The Bertz CT molecular complexity index is 945. The van der Waals surface area contributed by atoms with E-state index in [0.29, 0.717) is 5.41 Å². The molecule has 2 aromatic rings. The molecule has 1 aromatic heterocycles. The summed E-state index contributed by atoms with van der Waals surface area (Å²) in [6.45, 7) is 1.95. The van der Waals surface area contributed by atoms with Gasteiger partial charge in [0.25, 0.3) is 0 Å². The lowest BCUT2D eigenvalue weighted by atomic mass is 9.76. The second-order valence-corrected chi connectivity index (χ2v) is 9.86. The fourth-order valence-electron chi connectivity index (χ4n) is 6.21. The Kier molecular flexibility index (Phi) is 5.50. The Morgan fingerprint density at radius 2 is 1.80 bits per heavy atom. The summed E-state index contributed by atoms with van der Waals surface area (Å²) in [6, 6.07) is 7.89. The van der Waals surface area contributed by atoms with Crippen molar-refractivity contribution in [3.05, 3.63) is 34.7 Å². The number of piperidine rings is 1. The van der Waals surface area contributed by atoms with Crippen LogP contribution in [0.4, 0.5) is 0 Å². The quantitative estimate of drug-likeness (QED) is 0.763. The zero-order valence-electron chi connectivity index (χ0n) is 17.9. The third-order valence-corrected chi connectivity index (χ3v) is 8.04. The third kappa shape index (κ3) is 3.53. The average Bonchev–Trinajstić information content (AvgIpc) is 3.49. The summed E-state index contributed by atoms with van der Waals surface area (Å²) in [4.78, 5) is 16.1. The van der Waals surface area contributed by atoms with Gasteiger partial charge >= 0.3 is 5.69 Å². The van der Waals surface area contributed by atoms with E-state index in [1.165, 1.54) is 44.9 Å². The first-order valence-corrected chi connectivity index (χ1v) is 11.9. The van der Waals surface area contributed by atoms with Crippen molar-refractivity contribution in [1.82, 2.24) is 14.0 Å². The highest BCUT2D eigenvalue weighted by Crippen LogP contribution is 2.59. The number of para-hydroxylation sites is 2. The molecular formula is C24H35N3O3. The van der Waals surface area contributed by atoms with E-state index in [0.717, 1.165) is 42.9 Å². The molecule has 30 heavy (non-hydrogen) atoms. The van der Waals surface area contributed by atoms with E-state index in [1.807, 2.05) is 28.8 Å². The van der Waals surface area contributed by atoms with Crippen LogP contribution in [-0.4, -0.2) is 50.0 Å². The zero-order valence-corrected chi connectivity index (χ0v) is 17.9. The SMILES string of the molecule is O=c1n(C[C@@H](O)CO)c2ccccc2n1C1CCCCN1C[C@@H]1CCCCC12CC2. The van der Waals surface area contributed by atoms with Gasteiger partial charge in [-0.15, -0.1) is 0 Å². The van der Waals surface area contributed by atoms with Gasteiger partial charge in [-0.3, -0.25) is 14.0 Å². The number of hydrogen-bond donors (Lipinski definition) is 2. The minimum Gasteiger partial charge on any atom is -0.394 e. The fraction of sp³-hybridized carbons (Fsp3) is 0.708. The van der Waals surface area contributed by atoms with Gasteiger partial charge < -0.3 is 10.2 Å². The number of hydrogen-bond acceptors (Lipinski definition) is 4. The summed E-state index contributed by atoms with van der Waals surface area (Å²) in [7, 11) is 0. The molecule has 1 unspecified atom stereocenters. The highest BCUT2D eigenvalue weighted by Gasteiger charge is 2.50. The number of likely N-dealkylation sites (tertiary alicyclic amines) is 1. The van der Waals surface area contributed by atoms with E-state index in [9.17, 15) is 15.0 Å². The predicted molar refractivity (Wildman–Crippen MR) is 117 cm³/mol. The van der Waals surface area contributed by atoms with Crippen molar-refractivity contribution < 1.29 is 10.2 Å². The molecule has 0 bridgehead atoms. The maximum atomic E-state index is 13.5. The van der Waals surface area contributed by atoms with Crippen LogP contribution in [0, 0.1) is 11.3 Å². The molecule has 5 rings (SSSR count). The van der Waals surface area contributed by atoms with E-state index in [2.05, 4.69) is 4.90 Å². The summed E-state index contributed by atoms with van der Waals surface area (Å²) in [5.41, 5.74) is 2.32. The highest BCUT2D eigenvalue weighted by molar-refractivity contribution is 5.76. The molecule has 3 fully saturated rings. The highest BCUT2D eigenvalue weighted by atomic mass is 16.3. The fourth-order valence-corrected chi connectivity index (χ4v) is 6.21. The van der Waals surface area contributed by atoms with Crippen LogP contribution in [-0.2, 0) is 6.54 Å². The molecule has 2 heterocycles. The Morgan fingerprint density at radius 1 is 1.03 bits per heavy atom. The summed E-state index contributed by atoms with van der Waals surface area (Å²) in [6.07, 6.45) is 10.8. The lowest BCUT2D eigenvalue weighted by Gasteiger charge is -2.42. The maximum absolute atomic E-state index is 13.5. The number of rotatable bonds is 6. The van der Waals surface area contributed by atoms with Crippen molar-refractivity contribution in [2.75, 3.05) is 19.7 Å². The minimum atomic E-state index is -0.929. The Labute approximate surface area is 178 Å². The molecule has 0 amide bonds. The van der Waals surface area contributed by atoms with E-state index < -0.39 is 6.10 Å². The number of imidazole rings is 1. The number of aliphatic hydroxyl groups is 2. The van der Waals surface area contributed by atoms with Gasteiger partial charge in [-0.25, -0.2) is 4.79 Å². The molecule has 2 N–H and O–H groups in total. The van der Waals surface area contributed by atoms with E-state index in [-0.39, 0.29) is 25.0 Å². The van der Waals surface area contributed by atoms with Crippen molar-refractivity contribution in [1.29, 1.82) is 0 Å². The molecular weight excluding hydrogens is 378 g/mol. The Hall–Kier alpha value is -1.63. The molecule has 3 aliphatic rings. The predicted octanol–water partition coefficient (Wildman–Crippen LogP) is 3.11. The topological polar surface area (TPSA) is 70.6 Å². The summed E-state index contributed by atoms with van der Waals surface area (Å²) in [5, 5.41) is 19.3. The largest absolute Gasteiger partial charge is 0.394 e. The standard InChI is InChI=1S/C24H35N3O3/c28-17-19(29)16-26-20-8-1-2-9-21(20)27(23(26)30)22-10-4-6-14-25(22)15-18-7-3-5-11-24(18)12-13-24/h1-2,8-9,18-19,22,28-29H,3-7,10-17H2/t18-,19+,22?/m0/s1. The Morgan fingerprint density at radius 3 is 2.57 bits per heavy atom. The first-order chi connectivity index (χ1) is 14.6. The first-order valence-electron chi connectivity index (χ1n) is 11.9. The molecule has 2 aliphatic carbocycles.